The Labute approximate surface area is 148 Å². The van der Waals surface area contributed by atoms with E-state index in [2.05, 4.69) is 79.7 Å². The largest absolute Gasteiger partial charge is 0.368 e. The van der Waals surface area contributed by atoms with Crippen molar-refractivity contribution in [1.29, 1.82) is 0 Å². The van der Waals surface area contributed by atoms with Crippen LogP contribution in [0.5, 0.6) is 0 Å². The van der Waals surface area contributed by atoms with Crippen molar-refractivity contribution in [3.63, 3.8) is 0 Å². The molecule has 0 spiro atoms. The normalized spacial score (nSPS) is 12.0. The first-order chi connectivity index (χ1) is 11.8. The number of rotatable bonds is 7. The van der Waals surface area contributed by atoms with Gasteiger partial charge in [0, 0.05) is 10.6 Å². The van der Waals surface area contributed by atoms with E-state index in [4.69, 9.17) is 4.74 Å². The van der Waals surface area contributed by atoms with Gasteiger partial charge in [-0.1, -0.05) is 78.4 Å². The second-order valence-corrected chi connectivity index (χ2v) is 6.91. The quantitative estimate of drug-likeness (QED) is 0.487. The number of thioether (sulfide) groups is 1. The van der Waals surface area contributed by atoms with Crippen molar-refractivity contribution in [1.82, 2.24) is 0 Å². The van der Waals surface area contributed by atoms with Gasteiger partial charge < -0.3 is 4.74 Å². The van der Waals surface area contributed by atoms with Gasteiger partial charge in [0.15, 0.2) is 0 Å². The lowest BCUT2D eigenvalue weighted by Gasteiger charge is -2.18. The molecule has 1 unspecified atom stereocenters. The van der Waals surface area contributed by atoms with Gasteiger partial charge in [-0.05, 0) is 30.2 Å². The Morgan fingerprint density at radius 2 is 1.42 bits per heavy atom. The zero-order valence-electron chi connectivity index (χ0n) is 13.9. The van der Waals surface area contributed by atoms with Crippen molar-refractivity contribution in [2.24, 2.45) is 0 Å². The van der Waals surface area contributed by atoms with E-state index in [9.17, 15) is 0 Å². The number of aryl methyl sites for hydroxylation is 1. The summed E-state index contributed by atoms with van der Waals surface area (Å²) in [5, 5.41) is 0. The summed E-state index contributed by atoms with van der Waals surface area (Å²) in [6, 6.07) is 29.5. The third-order valence-corrected chi connectivity index (χ3v) is 4.96. The summed E-state index contributed by atoms with van der Waals surface area (Å²) in [4.78, 5) is 1.28. The van der Waals surface area contributed by atoms with Gasteiger partial charge in [0.25, 0.3) is 0 Å². The van der Waals surface area contributed by atoms with Gasteiger partial charge in [-0.2, -0.15) is 0 Å². The van der Waals surface area contributed by atoms with Crippen molar-refractivity contribution in [3.8, 4) is 0 Å². The maximum atomic E-state index is 6.24. The molecule has 0 aliphatic heterocycles. The molecular weight excluding hydrogens is 312 g/mol. The van der Waals surface area contributed by atoms with Gasteiger partial charge in [-0.3, -0.25) is 0 Å². The molecule has 2 heteroatoms. The standard InChI is InChI=1S/C22H22OS/c1-18-12-14-21(15-13-18)24-17-22(20-10-6-3-7-11-20)23-16-19-8-4-2-5-9-19/h2-15,22H,16-17H2,1H3. The van der Waals surface area contributed by atoms with E-state index in [1.165, 1.54) is 21.6 Å². The van der Waals surface area contributed by atoms with E-state index < -0.39 is 0 Å². The Bertz CT molecular complexity index is 723. The van der Waals surface area contributed by atoms with Gasteiger partial charge in [0.2, 0.25) is 0 Å². The zero-order chi connectivity index (χ0) is 16.6. The fourth-order valence-electron chi connectivity index (χ4n) is 2.49. The monoisotopic (exact) mass is 334 g/mol. The lowest BCUT2D eigenvalue weighted by molar-refractivity contribution is 0.0558. The minimum atomic E-state index is 0.0812. The first-order valence-electron chi connectivity index (χ1n) is 8.21. The van der Waals surface area contributed by atoms with Crippen LogP contribution in [0, 0.1) is 6.92 Å². The third kappa shape index (κ3) is 4.98. The van der Waals surface area contributed by atoms with Crippen LogP contribution in [0.1, 0.15) is 22.8 Å². The van der Waals surface area contributed by atoms with Crippen LogP contribution >= 0.6 is 11.8 Å². The van der Waals surface area contributed by atoms with Crippen LogP contribution in [0.15, 0.2) is 89.8 Å². The highest BCUT2D eigenvalue weighted by atomic mass is 32.2. The van der Waals surface area contributed by atoms with Gasteiger partial charge in [0.05, 0.1) is 12.7 Å². The van der Waals surface area contributed by atoms with Gasteiger partial charge in [-0.25, -0.2) is 0 Å². The zero-order valence-corrected chi connectivity index (χ0v) is 14.7. The molecule has 0 fully saturated rings. The first kappa shape index (κ1) is 16.8. The summed E-state index contributed by atoms with van der Waals surface area (Å²) in [6.07, 6.45) is 0.0812. The minimum absolute atomic E-state index is 0.0812. The van der Waals surface area contributed by atoms with Gasteiger partial charge in [0.1, 0.15) is 0 Å². The summed E-state index contributed by atoms with van der Waals surface area (Å²) < 4.78 is 6.24. The van der Waals surface area contributed by atoms with Crippen molar-refractivity contribution in [2.45, 2.75) is 24.5 Å². The molecular formula is C22H22OS. The predicted molar refractivity (Wildman–Crippen MR) is 102 cm³/mol. The number of hydrogen-bond donors (Lipinski definition) is 0. The number of benzene rings is 3. The smallest absolute Gasteiger partial charge is 0.0923 e. The van der Waals surface area contributed by atoms with Crippen LogP contribution in [-0.4, -0.2) is 5.75 Å². The van der Waals surface area contributed by atoms with E-state index in [-0.39, 0.29) is 6.10 Å². The molecule has 0 bridgehead atoms. The fraction of sp³-hybridized carbons (Fsp3) is 0.182. The Morgan fingerprint density at radius 1 is 0.792 bits per heavy atom. The summed E-state index contributed by atoms with van der Waals surface area (Å²) in [6.45, 7) is 2.75. The SMILES string of the molecule is Cc1ccc(SCC(OCc2ccccc2)c2ccccc2)cc1. The lowest BCUT2D eigenvalue weighted by atomic mass is 10.1. The van der Waals surface area contributed by atoms with E-state index in [1.807, 2.05) is 23.9 Å². The van der Waals surface area contributed by atoms with E-state index in [0.717, 1.165) is 5.75 Å². The summed E-state index contributed by atoms with van der Waals surface area (Å²) >= 11 is 1.84. The van der Waals surface area contributed by atoms with Crippen LogP contribution in [0.2, 0.25) is 0 Å². The molecule has 3 aromatic carbocycles. The second kappa shape index (κ2) is 8.72. The number of hydrogen-bond acceptors (Lipinski definition) is 2. The van der Waals surface area contributed by atoms with E-state index in [1.54, 1.807) is 0 Å². The van der Waals surface area contributed by atoms with Crippen LogP contribution < -0.4 is 0 Å². The van der Waals surface area contributed by atoms with Crippen LogP contribution in [0.4, 0.5) is 0 Å². The summed E-state index contributed by atoms with van der Waals surface area (Å²) in [5.74, 6) is 0.903. The molecule has 3 rings (SSSR count). The average Bonchev–Trinajstić information content (AvgIpc) is 2.65. The van der Waals surface area contributed by atoms with Crippen molar-refractivity contribution in [3.05, 3.63) is 102 Å². The van der Waals surface area contributed by atoms with Crippen molar-refractivity contribution in [2.75, 3.05) is 5.75 Å². The third-order valence-electron chi connectivity index (χ3n) is 3.89. The molecule has 0 amide bonds. The first-order valence-corrected chi connectivity index (χ1v) is 9.20. The Kier molecular flexibility index (Phi) is 6.11. The fourth-order valence-corrected chi connectivity index (χ4v) is 3.45. The topological polar surface area (TPSA) is 9.23 Å². The van der Waals surface area contributed by atoms with Crippen LogP contribution in [0.3, 0.4) is 0 Å². The van der Waals surface area contributed by atoms with E-state index in [0.29, 0.717) is 6.61 Å². The molecule has 0 heterocycles. The molecule has 0 saturated heterocycles. The molecule has 0 aliphatic rings. The molecule has 122 valence electrons. The maximum Gasteiger partial charge on any atom is 0.0923 e. The molecule has 0 aliphatic carbocycles. The lowest BCUT2D eigenvalue weighted by Crippen LogP contribution is -2.07. The molecule has 0 N–H and O–H groups in total. The highest BCUT2D eigenvalue weighted by Crippen LogP contribution is 2.28. The van der Waals surface area contributed by atoms with Crippen molar-refractivity contribution < 1.29 is 4.74 Å². The minimum Gasteiger partial charge on any atom is -0.368 e. The Morgan fingerprint density at radius 3 is 2.08 bits per heavy atom. The highest BCUT2D eigenvalue weighted by Gasteiger charge is 2.13. The molecule has 24 heavy (non-hydrogen) atoms. The number of ether oxygens (including phenoxy) is 1. The van der Waals surface area contributed by atoms with Gasteiger partial charge in [-0.15, -0.1) is 11.8 Å². The van der Waals surface area contributed by atoms with E-state index >= 15 is 0 Å². The molecule has 1 atom stereocenters. The second-order valence-electron chi connectivity index (χ2n) is 5.82. The Hall–Kier alpha value is -2.03. The maximum absolute atomic E-state index is 6.24. The van der Waals surface area contributed by atoms with Crippen molar-refractivity contribution >= 4 is 11.8 Å². The van der Waals surface area contributed by atoms with Crippen LogP contribution in [0.25, 0.3) is 0 Å². The molecule has 0 aromatic heterocycles. The molecule has 0 radical (unpaired) electrons. The summed E-state index contributed by atoms with van der Waals surface area (Å²) in [7, 11) is 0. The highest BCUT2D eigenvalue weighted by molar-refractivity contribution is 7.99. The van der Waals surface area contributed by atoms with Crippen LogP contribution in [-0.2, 0) is 11.3 Å². The molecule has 3 aromatic rings. The molecule has 0 saturated carbocycles. The van der Waals surface area contributed by atoms with Gasteiger partial charge >= 0.3 is 0 Å². The predicted octanol–water partition coefficient (Wildman–Crippen LogP) is 6.05. The summed E-state index contributed by atoms with van der Waals surface area (Å²) in [5.41, 5.74) is 3.73. The molecule has 1 nitrogen and oxygen atoms in total. The Balaban J connectivity index is 1.66. The average molecular weight is 334 g/mol.